The van der Waals surface area contributed by atoms with E-state index < -0.39 is 12.3 Å². The van der Waals surface area contributed by atoms with Gasteiger partial charge >= 0.3 is 21.1 Å². The Hall–Kier alpha value is 4.07. The molecule has 0 spiro atoms. The van der Waals surface area contributed by atoms with Gasteiger partial charge in [0.2, 0.25) is 0 Å². The number of fused-ring (bicyclic) bond motifs is 2. The summed E-state index contributed by atoms with van der Waals surface area (Å²) in [5, 5.41) is 2.28. The van der Waals surface area contributed by atoms with Crippen LogP contribution in [-0.2, 0) is 139 Å². The number of hydrogen-bond acceptors (Lipinski definition) is 0. The molecule has 4 atom stereocenters. The van der Waals surface area contributed by atoms with E-state index in [-0.39, 0.29) is 228 Å². The fourth-order valence-corrected chi connectivity index (χ4v) is 6.79. The largest absolute Gasteiger partial charge is 2.00 e. The molecule has 2 aromatic carbocycles. The molecule has 4 aromatic rings. The molecule has 2 saturated carbocycles. The zero-order valence-corrected chi connectivity index (χ0v) is 42.8. The summed E-state index contributed by atoms with van der Waals surface area (Å²) in [6.45, 7) is 9.93. The molecule has 2 aliphatic rings. The van der Waals surface area contributed by atoms with E-state index in [9.17, 15) is 8.78 Å². The van der Waals surface area contributed by atoms with E-state index in [4.69, 9.17) is 4.98 Å². The van der Waals surface area contributed by atoms with E-state index in [1.54, 1.807) is 0 Å². The van der Waals surface area contributed by atoms with Crippen molar-refractivity contribution in [1.29, 1.82) is 0 Å². The zero-order chi connectivity index (χ0) is 27.4. The van der Waals surface area contributed by atoms with E-state index in [0.717, 1.165) is 103 Å². The fraction of sp³-hybridized carbons (Fsp3) is 0.459. The molecule has 0 bridgehead atoms. The van der Waals surface area contributed by atoms with E-state index >= 15 is 0 Å². The van der Waals surface area contributed by atoms with Crippen molar-refractivity contribution < 1.29 is 210 Å². The number of rotatable bonds is 6. The summed E-state index contributed by atoms with van der Waals surface area (Å²) in [6, 6.07) is 15.2. The normalized spacial score (nSPS) is 19.2. The molecule has 3 radical (unpaired) electrons. The fourth-order valence-electron chi connectivity index (χ4n) is 6.79. The number of nitrogens with zero attached hydrogens (tertiary/aromatic N) is 2. The summed E-state index contributed by atoms with van der Waals surface area (Å²) in [4.78, 5) is 9.44. The van der Waals surface area contributed by atoms with Crippen molar-refractivity contribution in [2.75, 3.05) is 0 Å². The van der Waals surface area contributed by atoms with Crippen LogP contribution < -0.4 is 9.97 Å². The maximum Gasteiger partial charge on any atom is 2.00 e. The van der Waals surface area contributed by atoms with Crippen molar-refractivity contribution in [2.24, 2.45) is 0 Å². The molecule has 4 unspecified atom stereocenters. The second kappa shape index (κ2) is 31.2. The molecule has 0 N–H and O–H groups in total. The number of benzene rings is 2. The molecular formula is C37H47Ar2F2N2VW2Y2-5. The number of halogens is 2. The number of hydrogen-bond donors (Lipinski definition) is 0. The summed E-state index contributed by atoms with van der Waals surface area (Å²) in [5.74, 6) is 0.0701. The molecule has 0 amide bonds. The number of aromatic nitrogens is 2. The van der Waals surface area contributed by atoms with Crippen LogP contribution in [-0.4, -0.2) is 12.3 Å². The summed E-state index contributed by atoms with van der Waals surface area (Å²) < 4.78 is 28.7. The predicted molar refractivity (Wildman–Crippen MR) is 171 cm³/mol. The maximum atomic E-state index is 14.4. The first-order chi connectivity index (χ1) is 19.0. The Balaban J connectivity index is -0.000000216. The molecule has 2 heterocycles. The Morgan fingerprint density at radius 3 is 1.65 bits per heavy atom. The van der Waals surface area contributed by atoms with E-state index in [2.05, 4.69) is 50.0 Å². The Morgan fingerprint density at radius 2 is 1.19 bits per heavy atom. The second-order valence-electron chi connectivity index (χ2n) is 11.4. The molecule has 2 aromatic heterocycles. The van der Waals surface area contributed by atoms with Crippen LogP contribution >= 0.6 is 0 Å². The third-order valence-corrected chi connectivity index (χ3v) is 8.64. The summed E-state index contributed by atoms with van der Waals surface area (Å²) in [5.41, 5.74) is 7.66. The maximum absolute atomic E-state index is 14.4. The summed E-state index contributed by atoms with van der Waals surface area (Å²) >= 11 is 0. The standard InChI is InChI=1S/C18H22FN.C17H19FN.2CH3.2Ar.V.2W.2Y/c1-3-6-16-18(13-7-4-5-8-15(13)19)14-10-9-12(2)11-17(14)20-16;1-2-7-16-17(12-8-3-5-10-14(12)18)13-9-4-6-11-15(13)19-16;;;;;;;;;/h9-11,13,15H,1,3-8H2,2H3;4,9,11-12,14H,1-3,5,7-8,10H2;2*1H3;;;;;;;/q-2;-3;2*-1;;;;;+2;;. The minimum atomic E-state index is -0.714. The molecule has 0 saturated heterocycles. The molecule has 6 rings (SSSR count). The van der Waals surface area contributed by atoms with Gasteiger partial charge in [0.05, 0.1) is 0 Å². The van der Waals surface area contributed by atoms with Gasteiger partial charge in [-0.2, -0.15) is 53.9 Å². The quantitative estimate of drug-likeness (QED) is 0.180. The SMILES string of the molecule is [Ar].[Ar].[CH2-]CCc1[n-]c2c[c-]ccc2c1C1CCCCC1F.[CH2-]CCc1[n-]c2cc(C)ccc2c1C1CCCCC1F.[CH3-].[CH3-].[V].[W+2].[W].[Y].[Y]. The average molecular weight is 1230 g/mol. The molecule has 263 valence electrons. The Bertz CT molecular complexity index is 1410. The first kappa shape index (κ1) is 61.3. The first-order valence-electron chi connectivity index (χ1n) is 14.9. The van der Waals surface area contributed by atoms with E-state index in [1.807, 2.05) is 18.2 Å². The van der Waals surface area contributed by atoms with Crippen LogP contribution in [0.1, 0.15) is 104 Å². The van der Waals surface area contributed by atoms with Crippen LogP contribution in [0, 0.1) is 117 Å². The van der Waals surface area contributed by atoms with Crippen molar-refractivity contribution >= 4 is 21.8 Å². The Kier molecular flexibility index (Phi) is 39.8. The van der Waals surface area contributed by atoms with Crippen molar-refractivity contribution in [3.63, 3.8) is 0 Å². The van der Waals surface area contributed by atoms with Crippen LogP contribution in [0.25, 0.3) is 21.8 Å². The van der Waals surface area contributed by atoms with Crippen molar-refractivity contribution in [2.45, 2.75) is 108 Å². The van der Waals surface area contributed by atoms with Crippen molar-refractivity contribution in [3.05, 3.63) is 99.2 Å². The minimum absolute atomic E-state index is 0. The monoisotopic (exact) mass is 1230 g/mol. The van der Waals surface area contributed by atoms with E-state index in [1.165, 1.54) is 11.1 Å². The molecule has 11 heteroatoms. The molecular weight excluding hydrogens is 1190 g/mol. The van der Waals surface area contributed by atoms with Crippen LogP contribution in [0.2, 0.25) is 0 Å². The first-order valence-corrected chi connectivity index (χ1v) is 14.9. The van der Waals surface area contributed by atoms with Gasteiger partial charge in [0.15, 0.2) is 0 Å². The topological polar surface area (TPSA) is 28.2 Å². The van der Waals surface area contributed by atoms with Gasteiger partial charge in [0, 0.05) is 192 Å². The zero-order valence-electron chi connectivity index (χ0n) is 28.4. The van der Waals surface area contributed by atoms with Gasteiger partial charge in [-0.25, -0.2) is 8.78 Å². The van der Waals surface area contributed by atoms with Gasteiger partial charge in [-0.1, -0.05) is 73.4 Å². The van der Waals surface area contributed by atoms with Crippen molar-refractivity contribution in [3.8, 4) is 0 Å². The third kappa shape index (κ3) is 15.5. The second-order valence-corrected chi connectivity index (χ2v) is 11.4. The van der Waals surface area contributed by atoms with Gasteiger partial charge in [-0.3, -0.25) is 5.52 Å². The molecule has 2 nitrogen and oxygen atoms in total. The smallest absolute Gasteiger partial charge is 0.719 e. The van der Waals surface area contributed by atoms with Crippen molar-refractivity contribution in [1.82, 2.24) is 9.97 Å². The Morgan fingerprint density at radius 1 is 0.750 bits per heavy atom. The predicted octanol–water partition coefficient (Wildman–Crippen LogP) is 10.1. The van der Waals surface area contributed by atoms with Gasteiger partial charge in [-0.05, 0) is 38.0 Å². The molecule has 0 aliphatic heterocycles. The number of aryl methyl sites for hydroxylation is 3. The van der Waals surface area contributed by atoms with Gasteiger partial charge in [0.1, 0.15) is 12.3 Å². The average Bonchev–Trinajstić information content (AvgIpc) is 3.47. The summed E-state index contributed by atoms with van der Waals surface area (Å²) in [6.07, 6.45) is 9.50. The van der Waals surface area contributed by atoms with Gasteiger partial charge < -0.3 is 38.7 Å². The minimum Gasteiger partial charge on any atom is -0.719 e. The molecule has 48 heavy (non-hydrogen) atoms. The van der Waals surface area contributed by atoms with Gasteiger partial charge in [0.25, 0.3) is 0 Å². The van der Waals surface area contributed by atoms with Crippen LogP contribution in [0.4, 0.5) is 8.78 Å². The van der Waals surface area contributed by atoms with Gasteiger partial charge in [-0.15, -0.1) is 5.52 Å². The number of alkyl halides is 2. The Labute approximate surface area is 441 Å². The third-order valence-electron chi connectivity index (χ3n) is 8.64. The van der Waals surface area contributed by atoms with E-state index in [0.29, 0.717) is 12.8 Å². The molecule has 2 fully saturated rings. The van der Waals surface area contributed by atoms with Crippen LogP contribution in [0.3, 0.4) is 0 Å². The molecule has 2 aliphatic carbocycles. The summed E-state index contributed by atoms with van der Waals surface area (Å²) in [7, 11) is 0. The van der Waals surface area contributed by atoms with Crippen LogP contribution in [0.15, 0.2) is 36.4 Å². The van der Waals surface area contributed by atoms with Crippen LogP contribution in [0.5, 0.6) is 0 Å².